The maximum atomic E-state index is 4.58. The summed E-state index contributed by atoms with van der Waals surface area (Å²) in [6.07, 6.45) is 1.07. The first kappa shape index (κ1) is 13.7. The van der Waals surface area contributed by atoms with E-state index in [-0.39, 0.29) is 5.41 Å². The summed E-state index contributed by atoms with van der Waals surface area (Å²) in [6.45, 7) is 10.7. The Labute approximate surface area is 104 Å². The van der Waals surface area contributed by atoms with E-state index in [9.17, 15) is 0 Å². The van der Waals surface area contributed by atoms with Gasteiger partial charge in [0, 0.05) is 24.6 Å². The van der Waals surface area contributed by atoms with Crippen LogP contribution in [0.15, 0.2) is 6.07 Å². The molecule has 2 N–H and O–H groups in total. The van der Waals surface area contributed by atoms with E-state index in [4.69, 9.17) is 0 Å². The van der Waals surface area contributed by atoms with Crippen molar-refractivity contribution in [2.45, 2.75) is 52.5 Å². The van der Waals surface area contributed by atoms with Crippen LogP contribution in [0.3, 0.4) is 0 Å². The molecule has 0 radical (unpaired) electrons. The Hall–Kier alpha value is -1.32. The molecule has 0 amide bonds. The lowest BCUT2D eigenvalue weighted by molar-refractivity contribution is 0.546. The molecule has 0 saturated heterocycles. The molecule has 1 unspecified atom stereocenters. The molecule has 0 aromatic carbocycles. The van der Waals surface area contributed by atoms with E-state index in [0.717, 1.165) is 23.9 Å². The fraction of sp³-hybridized carbons (Fsp3) is 0.692. The van der Waals surface area contributed by atoms with Crippen LogP contribution in [-0.2, 0) is 5.41 Å². The van der Waals surface area contributed by atoms with Gasteiger partial charge in [0.1, 0.15) is 17.5 Å². The van der Waals surface area contributed by atoms with E-state index in [1.807, 2.05) is 13.1 Å². The fourth-order valence-electron chi connectivity index (χ4n) is 1.34. The van der Waals surface area contributed by atoms with Crippen LogP contribution < -0.4 is 10.6 Å². The monoisotopic (exact) mass is 236 g/mol. The summed E-state index contributed by atoms with van der Waals surface area (Å²) in [5, 5.41) is 6.47. The molecule has 96 valence electrons. The zero-order chi connectivity index (χ0) is 13.1. The van der Waals surface area contributed by atoms with Crippen LogP contribution in [-0.4, -0.2) is 23.1 Å². The fourth-order valence-corrected chi connectivity index (χ4v) is 1.34. The highest BCUT2D eigenvalue weighted by molar-refractivity contribution is 5.48. The topological polar surface area (TPSA) is 49.8 Å². The van der Waals surface area contributed by atoms with Crippen molar-refractivity contribution in [3.8, 4) is 0 Å². The van der Waals surface area contributed by atoms with Gasteiger partial charge in [0.15, 0.2) is 0 Å². The van der Waals surface area contributed by atoms with Gasteiger partial charge in [-0.05, 0) is 13.3 Å². The lowest BCUT2D eigenvalue weighted by Gasteiger charge is -2.20. The van der Waals surface area contributed by atoms with Crippen molar-refractivity contribution >= 4 is 11.6 Å². The Morgan fingerprint density at radius 3 is 2.29 bits per heavy atom. The zero-order valence-corrected chi connectivity index (χ0v) is 11.8. The molecule has 1 heterocycles. The van der Waals surface area contributed by atoms with Crippen molar-refractivity contribution in [3.63, 3.8) is 0 Å². The van der Waals surface area contributed by atoms with Crippen LogP contribution in [0.5, 0.6) is 0 Å². The molecule has 0 aliphatic heterocycles. The first-order chi connectivity index (χ1) is 7.86. The maximum Gasteiger partial charge on any atom is 0.138 e. The van der Waals surface area contributed by atoms with Crippen LogP contribution in [0.25, 0.3) is 0 Å². The first-order valence-electron chi connectivity index (χ1n) is 6.20. The third kappa shape index (κ3) is 3.88. The number of nitrogens with zero attached hydrogens (tertiary/aromatic N) is 2. The highest BCUT2D eigenvalue weighted by Crippen LogP contribution is 2.22. The Morgan fingerprint density at radius 2 is 1.82 bits per heavy atom. The zero-order valence-electron chi connectivity index (χ0n) is 11.8. The molecule has 0 fully saturated rings. The molecule has 1 atom stereocenters. The van der Waals surface area contributed by atoms with Crippen molar-refractivity contribution in [2.24, 2.45) is 0 Å². The number of hydrogen-bond acceptors (Lipinski definition) is 4. The number of anilines is 2. The Bertz CT molecular complexity index is 368. The number of rotatable bonds is 4. The van der Waals surface area contributed by atoms with Crippen molar-refractivity contribution in [1.82, 2.24) is 9.97 Å². The molecule has 1 aromatic heterocycles. The van der Waals surface area contributed by atoms with E-state index >= 15 is 0 Å². The molecular formula is C13H24N4. The predicted molar refractivity (Wildman–Crippen MR) is 73.7 cm³/mol. The van der Waals surface area contributed by atoms with Crippen LogP contribution in [0.4, 0.5) is 11.6 Å². The summed E-state index contributed by atoms with van der Waals surface area (Å²) in [5.41, 5.74) is -0.0429. The van der Waals surface area contributed by atoms with E-state index in [2.05, 4.69) is 55.2 Å². The largest absolute Gasteiger partial charge is 0.373 e. The van der Waals surface area contributed by atoms with Gasteiger partial charge < -0.3 is 10.6 Å². The molecule has 1 aromatic rings. The normalized spacial score (nSPS) is 13.3. The summed E-state index contributed by atoms with van der Waals surface area (Å²) in [4.78, 5) is 9.07. The summed E-state index contributed by atoms with van der Waals surface area (Å²) in [6, 6.07) is 2.36. The second kappa shape index (κ2) is 5.34. The molecule has 1 rings (SSSR count). The van der Waals surface area contributed by atoms with Gasteiger partial charge in [-0.2, -0.15) is 0 Å². The van der Waals surface area contributed by atoms with Crippen LogP contribution >= 0.6 is 0 Å². The van der Waals surface area contributed by atoms with Crippen molar-refractivity contribution in [1.29, 1.82) is 0 Å². The van der Waals surface area contributed by atoms with Crippen molar-refractivity contribution in [2.75, 3.05) is 17.7 Å². The second-order valence-corrected chi connectivity index (χ2v) is 5.42. The van der Waals surface area contributed by atoms with Gasteiger partial charge in [-0.15, -0.1) is 0 Å². The molecule has 0 saturated carbocycles. The molecule has 0 aliphatic carbocycles. The van der Waals surface area contributed by atoms with Crippen molar-refractivity contribution < 1.29 is 0 Å². The molecular weight excluding hydrogens is 212 g/mol. The standard InChI is InChI=1S/C13H24N4/c1-7-9(2)15-11-8-10(14-6)16-12(17-11)13(3,4)5/h8-9H,7H2,1-6H3,(H2,14,15,16,17). The third-order valence-corrected chi connectivity index (χ3v) is 2.66. The van der Waals surface area contributed by atoms with Gasteiger partial charge in [0.25, 0.3) is 0 Å². The Morgan fingerprint density at radius 1 is 1.24 bits per heavy atom. The third-order valence-electron chi connectivity index (χ3n) is 2.66. The minimum atomic E-state index is -0.0429. The summed E-state index contributed by atoms with van der Waals surface area (Å²) in [5.74, 6) is 2.61. The van der Waals surface area contributed by atoms with Gasteiger partial charge in [-0.3, -0.25) is 0 Å². The summed E-state index contributed by atoms with van der Waals surface area (Å²) < 4.78 is 0. The van der Waals surface area contributed by atoms with Gasteiger partial charge in [0.2, 0.25) is 0 Å². The van der Waals surface area contributed by atoms with Gasteiger partial charge in [-0.1, -0.05) is 27.7 Å². The molecule has 0 bridgehead atoms. The first-order valence-corrected chi connectivity index (χ1v) is 6.20. The average molecular weight is 236 g/mol. The van der Waals surface area contributed by atoms with Crippen LogP contribution in [0, 0.1) is 0 Å². The lowest BCUT2D eigenvalue weighted by Crippen LogP contribution is -2.20. The highest BCUT2D eigenvalue weighted by Gasteiger charge is 2.19. The SMILES string of the molecule is CCC(C)Nc1cc(NC)nc(C(C)(C)C)n1. The van der Waals surface area contributed by atoms with Gasteiger partial charge in [-0.25, -0.2) is 9.97 Å². The summed E-state index contributed by atoms with van der Waals surface area (Å²) in [7, 11) is 1.88. The van der Waals surface area contributed by atoms with Crippen LogP contribution in [0.2, 0.25) is 0 Å². The number of aromatic nitrogens is 2. The minimum Gasteiger partial charge on any atom is -0.373 e. The lowest BCUT2D eigenvalue weighted by atomic mass is 9.96. The molecule has 4 heteroatoms. The quantitative estimate of drug-likeness (QED) is 0.843. The average Bonchev–Trinajstić information content (AvgIpc) is 2.27. The van der Waals surface area contributed by atoms with E-state index in [1.54, 1.807) is 0 Å². The van der Waals surface area contributed by atoms with Gasteiger partial charge in [0.05, 0.1) is 0 Å². The minimum absolute atomic E-state index is 0.0429. The smallest absolute Gasteiger partial charge is 0.138 e. The molecule has 4 nitrogen and oxygen atoms in total. The van der Waals surface area contributed by atoms with Gasteiger partial charge >= 0.3 is 0 Å². The molecule has 0 aliphatic rings. The Balaban J connectivity index is 3.05. The van der Waals surface area contributed by atoms with E-state index in [0.29, 0.717) is 6.04 Å². The molecule has 17 heavy (non-hydrogen) atoms. The van der Waals surface area contributed by atoms with Crippen molar-refractivity contribution in [3.05, 3.63) is 11.9 Å². The molecule has 0 spiro atoms. The second-order valence-electron chi connectivity index (χ2n) is 5.42. The van der Waals surface area contributed by atoms with Crippen LogP contribution in [0.1, 0.15) is 46.9 Å². The number of hydrogen-bond donors (Lipinski definition) is 2. The highest BCUT2D eigenvalue weighted by atomic mass is 15.1. The van der Waals surface area contributed by atoms with E-state index < -0.39 is 0 Å². The number of nitrogens with one attached hydrogen (secondary N) is 2. The Kier molecular flexibility index (Phi) is 4.32. The van der Waals surface area contributed by atoms with E-state index in [1.165, 1.54) is 0 Å². The maximum absolute atomic E-state index is 4.58. The summed E-state index contributed by atoms with van der Waals surface area (Å²) >= 11 is 0. The predicted octanol–water partition coefficient (Wildman–Crippen LogP) is 3.03.